The molecule has 2 aliphatic rings. The van der Waals surface area contributed by atoms with Gasteiger partial charge in [0.15, 0.2) is 5.78 Å². The molecule has 4 nitrogen and oxygen atoms in total. The van der Waals surface area contributed by atoms with Crippen LogP contribution in [0.3, 0.4) is 0 Å². The number of carbonyl (C=O) groups is 1. The van der Waals surface area contributed by atoms with Gasteiger partial charge in [-0.15, -0.1) is 0 Å². The molecule has 2 aromatic rings. The number of nitrogens with zero attached hydrogens (tertiary/aromatic N) is 2. The molecule has 0 aromatic heterocycles. The highest BCUT2D eigenvalue weighted by molar-refractivity contribution is 6.00. The van der Waals surface area contributed by atoms with Crippen molar-refractivity contribution in [2.24, 2.45) is 0 Å². The van der Waals surface area contributed by atoms with Crippen LogP contribution in [0, 0.1) is 11.3 Å². The fourth-order valence-corrected chi connectivity index (χ4v) is 4.95. The smallest absolute Gasteiger partial charge is 0.162 e. The van der Waals surface area contributed by atoms with Gasteiger partial charge in [0.1, 0.15) is 0 Å². The van der Waals surface area contributed by atoms with Crippen molar-refractivity contribution in [3.05, 3.63) is 88.3 Å². The average Bonchev–Trinajstić information content (AvgIpc) is 2.80. The van der Waals surface area contributed by atoms with Gasteiger partial charge < -0.3 is 10.2 Å². The third kappa shape index (κ3) is 3.88. The topological polar surface area (TPSA) is 56.1 Å². The molecule has 0 amide bonds. The Balaban J connectivity index is 1.73. The monoisotopic (exact) mass is 411 g/mol. The quantitative estimate of drug-likeness (QED) is 0.714. The van der Waals surface area contributed by atoms with Crippen LogP contribution in [-0.4, -0.2) is 18.9 Å². The number of hydrogen-bond donors (Lipinski definition) is 1. The van der Waals surface area contributed by atoms with E-state index in [1.165, 1.54) is 5.56 Å². The molecule has 0 unspecified atom stereocenters. The van der Waals surface area contributed by atoms with Crippen molar-refractivity contribution < 1.29 is 4.79 Å². The minimum atomic E-state index is -0.295. The lowest BCUT2D eigenvalue weighted by Crippen LogP contribution is -2.33. The predicted octanol–water partition coefficient (Wildman–Crippen LogP) is 5.42. The number of hydrogen-bond acceptors (Lipinski definition) is 4. The van der Waals surface area contributed by atoms with Crippen LogP contribution in [0.4, 0.5) is 5.69 Å². The molecule has 31 heavy (non-hydrogen) atoms. The van der Waals surface area contributed by atoms with E-state index in [0.29, 0.717) is 12.0 Å². The van der Waals surface area contributed by atoms with Crippen LogP contribution < -0.4 is 10.2 Å². The van der Waals surface area contributed by atoms with Crippen molar-refractivity contribution in [1.29, 1.82) is 5.26 Å². The van der Waals surface area contributed by atoms with Crippen molar-refractivity contribution >= 4 is 11.5 Å². The second kappa shape index (κ2) is 8.81. The van der Waals surface area contributed by atoms with Gasteiger partial charge in [0, 0.05) is 42.2 Å². The summed E-state index contributed by atoms with van der Waals surface area (Å²) in [6, 6.07) is 21.0. The molecule has 158 valence electrons. The summed E-state index contributed by atoms with van der Waals surface area (Å²) in [7, 11) is 0. The van der Waals surface area contributed by atoms with Crippen molar-refractivity contribution in [3.63, 3.8) is 0 Å². The van der Waals surface area contributed by atoms with Crippen LogP contribution in [0.15, 0.2) is 77.1 Å². The molecule has 0 fully saturated rings. The number of Topliss-reactive ketones (excluding diaryl/α,β-unsaturated/α-hetero) is 1. The molecule has 0 saturated heterocycles. The molecule has 0 spiro atoms. The summed E-state index contributed by atoms with van der Waals surface area (Å²) >= 11 is 0. The van der Waals surface area contributed by atoms with Gasteiger partial charge in [0.2, 0.25) is 0 Å². The molecule has 1 aliphatic heterocycles. The number of dihydropyridines is 1. The molecular formula is C27H29N3O. The second-order valence-corrected chi connectivity index (χ2v) is 8.30. The number of allylic oxidation sites excluding steroid dienone is 4. The summed E-state index contributed by atoms with van der Waals surface area (Å²) in [5.41, 5.74) is 6.59. The first kappa shape index (κ1) is 20.9. The van der Waals surface area contributed by atoms with Crippen LogP contribution >= 0.6 is 0 Å². The lowest BCUT2D eigenvalue weighted by Gasteiger charge is -2.35. The minimum absolute atomic E-state index is 0.140. The highest BCUT2D eigenvalue weighted by atomic mass is 16.1. The van der Waals surface area contributed by atoms with Gasteiger partial charge in [-0.05, 0) is 56.4 Å². The Bertz CT molecular complexity index is 1070. The number of anilines is 1. The fraction of sp³-hybridized carbons (Fsp3) is 0.333. The fourth-order valence-electron chi connectivity index (χ4n) is 4.95. The minimum Gasteiger partial charge on any atom is -0.372 e. The summed E-state index contributed by atoms with van der Waals surface area (Å²) in [6.07, 6.45) is 1.27. The van der Waals surface area contributed by atoms with Crippen molar-refractivity contribution in [2.45, 2.75) is 45.4 Å². The third-order valence-electron chi connectivity index (χ3n) is 6.57. The van der Waals surface area contributed by atoms with Crippen LogP contribution in [0.2, 0.25) is 0 Å². The number of nitrogens with one attached hydrogen (secondary N) is 1. The predicted molar refractivity (Wildman–Crippen MR) is 125 cm³/mol. The molecule has 0 radical (unpaired) electrons. The maximum Gasteiger partial charge on any atom is 0.162 e. The molecule has 1 aliphatic carbocycles. The Morgan fingerprint density at radius 2 is 1.68 bits per heavy atom. The first-order chi connectivity index (χ1) is 15.1. The number of rotatable bonds is 5. The lowest BCUT2D eigenvalue weighted by atomic mass is 9.72. The SMILES string of the molecule is CCN(CC)c1ccc([C@@H]2C(C#N)=C(C)NC3=C2C(=O)C[C@@H](c2ccccc2)C3)cc1. The molecule has 2 aromatic carbocycles. The van der Waals surface area contributed by atoms with E-state index in [0.717, 1.165) is 47.7 Å². The zero-order chi connectivity index (χ0) is 22.0. The number of ketones is 1. The Hall–Kier alpha value is -3.32. The van der Waals surface area contributed by atoms with Gasteiger partial charge in [-0.1, -0.05) is 42.5 Å². The zero-order valence-electron chi connectivity index (χ0n) is 18.5. The first-order valence-corrected chi connectivity index (χ1v) is 11.1. The van der Waals surface area contributed by atoms with Gasteiger partial charge in [0.25, 0.3) is 0 Å². The van der Waals surface area contributed by atoms with E-state index < -0.39 is 0 Å². The summed E-state index contributed by atoms with van der Waals surface area (Å²) in [5.74, 6) is 0.0129. The van der Waals surface area contributed by atoms with E-state index in [4.69, 9.17) is 0 Å². The summed E-state index contributed by atoms with van der Waals surface area (Å²) in [5, 5.41) is 13.3. The molecule has 0 saturated carbocycles. The van der Waals surface area contributed by atoms with Crippen molar-refractivity contribution in [1.82, 2.24) is 5.32 Å². The largest absolute Gasteiger partial charge is 0.372 e. The van der Waals surface area contributed by atoms with E-state index in [-0.39, 0.29) is 17.6 Å². The highest BCUT2D eigenvalue weighted by Crippen LogP contribution is 2.45. The van der Waals surface area contributed by atoms with Gasteiger partial charge in [0.05, 0.1) is 17.6 Å². The molecule has 4 heteroatoms. The third-order valence-corrected chi connectivity index (χ3v) is 6.57. The Kier molecular flexibility index (Phi) is 5.95. The van der Waals surface area contributed by atoms with Crippen molar-refractivity contribution in [2.75, 3.05) is 18.0 Å². The Labute approximate surface area is 184 Å². The summed E-state index contributed by atoms with van der Waals surface area (Å²) < 4.78 is 0. The van der Waals surface area contributed by atoms with E-state index in [9.17, 15) is 10.1 Å². The first-order valence-electron chi connectivity index (χ1n) is 11.1. The van der Waals surface area contributed by atoms with Crippen LogP contribution in [0.25, 0.3) is 0 Å². The molecule has 0 bridgehead atoms. The van der Waals surface area contributed by atoms with Crippen LogP contribution in [0.5, 0.6) is 0 Å². The number of nitriles is 1. The highest BCUT2D eigenvalue weighted by Gasteiger charge is 2.38. The maximum atomic E-state index is 13.4. The van der Waals surface area contributed by atoms with Crippen LogP contribution in [0.1, 0.15) is 56.6 Å². The molecular weight excluding hydrogens is 382 g/mol. The van der Waals surface area contributed by atoms with E-state index in [1.54, 1.807) is 0 Å². The van der Waals surface area contributed by atoms with E-state index in [1.807, 2.05) is 25.1 Å². The van der Waals surface area contributed by atoms with Gasteiger partial charge in [-0.25, -0.2) is 0 Å². The maximum absolute atomic E-state index is 13.4. The Morgan fingerprint density at radius 3 is 2.29 bits per heavy atom. The lowest BCUT2D eigenvalue weighted by molar-refractivity contribution is -0.116. The average molecular weight is 412 g/mol. The molecule has 2 atom stereocenters. The molecule has 1 heterocycles. The van der Waals surface area contributed by atoms with Crippen molar-refractivity contribution in [3.8, 4) is 6.07 Å². The normalized spacial score (nSPS) is 20.8. The standard InChI is InChI=1S/C27H29N3O/c1-4-30(5-2)22-13-11-20(12-14-22)26-23(17-28)18(3)29-24-15-21(16-25(31)27(24)26)19-9-7-6-8-10-19/h6-14,21,26,29H,4-5,15-16H2,1-3H3/t21-,26+/m0/s1. The van der Waals surface area contributed by atoms with Gasteiger partial charge >= 0.3 is 0 Å². The van der Waals surface area contributed by atoms with E-state index in [2.05, 4.69) is 66.5 Å². The second-order valence-electron chi connectivity index (χ2n) is 8.30. The summed E-state index contributed by atoms with van der Waals surface area (Å²) in [4.78, 5) is 15.7. The van der Waals surface area contributed by atoms with Crippen LogP contribution in [-0.2, 0) is 4.79 Å². The molecule has 1 N–H and O–H groups in total. The number of benzene rings is 2. The Morgan fingerprint density at radius 1 is 1.00 bits per heavy atom. The van der Waals surface area contributed by atoms with Gasteiger partial charge in [-0.3, -0.25) is 4.79 Å². The number of carbonyl (C=O) groups excluding carboxylic acids is 1. The molecule has 4 rings (SSSR count). The van der Waals surface area contributed by atoms with E-state index >= 15 is 0 Å². The van der Waals surface area contributed by atoms with Gasteiger partial charge in [-0.2, -0.15) is 5.26 Å². The zero-order valence-corrected chi connectivity index (χ0v) is 18.5. The summed E-state index contributed by atoms with van der Waals surface area (Å²) in [6.45, 7) is 8.12.